The molecule has 10 heteroatoms. The Morgan fingerprint density at radius 2 is 1.59 bits per heavy atom. The Hall–Kier alpha value is -3.11. The molecule has 2 aliphatic heterocycles. The minimum atomic E-state index is -3.64. The molecule has 0 bridgehead atoms. The highest BCUT2D eigenvalue weighted by Crippen LogP contribution is 2.22. The first-order chi connectivity index (χ1) is 16.4. The molecule has 2 aromatic rings. The number of carbonyl (C=O) groups is 2. The summed E-state index contributed by atoms with van der Waals surface area (Å²) in [6.45, 7) is 2.96. The maximum Gasteiger partial charge on any atom is 0.338 e. The maximum absolute atomic E-state index is 12.7. The van der Waals surface area contributed by atoms with Gasteiger partial charge in [0.25, 0.3) is 5.91 Å². The maximum atomic E-state index is 12.7. The molecule has 34 heavy (non-hydrogen) atoms. The van der Waals surface area contributed by atoms with Gasteiger partial charge in [-0.1, -0.05) is 6.07 Å². The minimum Gasteiger partial charge on any atom is -0.497 e. The molecule has 2 aromatic carbocycles. The second kappa shape index (κ2) is 10.4. The summed E-state index contributed by atoms with van der Waals surface area (Å²) in [7, 11) is -2.01. The SMILES string of the molecule is COc1ccc(N2CCN(C(=O)COC(=O)c3cccc(S(=O)(=O)N4CCCC4)c3)CC2)cc1. The average Bonchev–Trinajstić information content (AvgIpc) is 3.43. The Kier molecular flexibility index (Phi) is 7.38. The molecule has 0 atom stereocenters. The van der Waals surface area contributed by atoms with Crippen molar-refractivity contribution >= 4 is 27.6 Å². The van der Waals surface area contributed by atoms with E-state index in [1.165, 1.54) is 28.6 Å². The normalized spacial score (nSPS) is 17.0. The number of methoxy groups -OCH3 is 1. The molecular weight excluding hydrogens is 458 g/mol. The lowest BCUT2D eigenvalue weighted by Crippen LogP contribution is -2.49. The molecule has 0 saturated carbocycles. The molecule has 0 spiro atoms. The number of nitrogens with zero attached hydrogens (tertiary/aromatic N) is 3. The van der Waals surface area contributed by atoms with Crippen LogP contribution in [-0.4, -0.2) is 82.5 Å². The third-order valence-corrected chi connectivity index (χ3v) is 8.06. The molecule has 0 aliphatic carbocycles. The fraction of sp³-hybridized carbons (Fsp3) is 0.417. The van der Waals surface area contributed by atoms with Crippen LogP contribution in [-0.2, 0) is 19.6 Å². The zero-order valence-electron chi connectivity index (χ0n) is 19.2. The van der Waals surface area contributed by atoms with E-state index >= 15 is 0 Å². The topological polar surface area (TPSA) is 96.5 Å². The van der Waals surface area contributed by atoms with Gasteiger partial charge in [-0.15, -0.1) is 0 Å². The van der Waals surface area contributed by atoms with E-state index in [2.05, 4.69) is 4.90 Å². The predicted molar refractivity (Wildman–Crippen MR) is 127 cm³/mol. The van der Waals surface area contributed by atoms with Crippen LogP contribution < -0.4 is 9.64 Å². The number of anilines is 1. The van der Waals surface area contributed by atoms with Gasteiger partial charge in [-0.25, -0.2) is 13.2 Å². The Labute approximate surface area is 199 Å². The van der Waals surface area contributed by atoms with Crippen LogP contribution >= 0.6 is 0 Å². The van der Waals surface area contributed by atoms with Crippen molar-refractivity contribution in [3.8, 4) is 5.75 Å². The Balaban J connectivity index is 1.29. The number of hydrogen-bond donors (Lipinski definition) is 0. The number of rotatable bonds is 7. The molecule has 2 heterocycles. The number of sulfonamides is 1. The van der Waals surface area contributed by atoms with Gasteiger partial charge in [0.1, 0.15) is 5.75 Å². The first-order valence-corrected chi connectivity index (χ1v) is 12.8. The molecule has 2 saturated heterocycles. The van der Waals surface area contributed by atoms with Crippen molar-refractivity contribution < 1.29 is 27.5 Å². The number of ether oxygens (including phenoxy) is 2. The van der Waals surface area contributed by atoms with Crippen LogP contribution in [0.2, 0.25) is 0 Å². The molecule has 4 rings (SSSR count). The minimum absolute atomic E-state index is 0.0600. The van der Waals surface area contributed by atoms with Gasteiger partial charge < -0.3 is 19.3 Å². The van der Waals surface area contributed by atoms with Crippen LogP contribution in [0.1, 0.15) is 23.2 Å². The number of piperazine rings is 1. The van der Waals surface area contributed by atoms with Crippen LogP contribution in [0.3, 0.4) is 0 Å². The van der Waals surface area contributed by atoms with Gasteiger partial charge in [-0.3, -0.25) is 4.79 Å². The van der Waals surface area contributed by atoms with Crippen molar-refractivity contribution in [1.82, 2.24) is 9.21 Å². The molecule has 1 amide bonds. The number of benzene rings is 2. The second-order valence-electron chi connectivity index (χ2n) is 8.28. The highest BCUT2D eigenvalue weighted by molar-refractivity contribution is 7.89. The summed E-state index contributed by atoms with van der Waals surface area (Å²) in [5.74, 6) is -0.203. The smallest absolute Gasteiger partial charge is 0.338 e. The third kappa shape index (κ3) is 5.34. The monoisotopic (exact) mass is 487 g/mol. The summed E-state index contributed by atoms with van der Waals surface area (Å²) in [4.78, 5) is 29.0. The summed E-state index contributed by atoms with van der Waals surface area (Å²) < 4.78 is 37.3. The van der Waals surface area contributed by atoms with Gasteiger partial charge in [0.15, 0.2) is 6.61 Å². The van der Waals surface area contributed by atoms with Crippen molar-refractivity contribution in [2.45, 2.75) is 17.7 Å². The standard InChI is InChI=1S/C24H29N3O6S/c1-32-21-9-7-20(8-10-21)25-13-15-26(16-14-25)23(28)18-33-24(29)19-5-4-6-22(17-19)34(30,31)27-11-2-3-12-27/h4-10,17H,2-3,11-16,18H2,1H3. The zero-order valence-corrected chi connectivity index (χ0v) is 20.0. The zero-order chi connectivity index (χ0) is 24.1. The van der Waals surface area contributed by atoms with Gasteiger partial charge >= 0.3 is 5.97 Å². The number of esters is 1. The van der Waals surface area contributed by atoms with Crippen LogP contribution in [0.15, 0.2) is 53.4 Å². The highest BCUT2D eigenvalue weighted by atomic mass is 32.2. The Morgan fingerprint density at radius 1 is 0.912 bits per heavy atom. The first kappa shape index (κ1) is 24.0. The molecule has 9 nitrogen and oxygen atoms in total. The van der Waals surface area contributed by atoms with E-state index in [0.29, 0.717) is 39.3 Å². The van der Waals surface area contributed by atoms with Crippen molar-refractivity contribution in [1.29, 1.82) is 0 Å². The molecule has 0 unspecified atom stereocenters. The van der Waals surface area contributed by atoms with Crippen LogP contribution in [0, 0.1) is 0 Å². The summed E-state index contributed by atoms with van der Waals surface area (Å²) in [6, 6.07) is 13.6. The van der Waals surface area contributed by atoms with Crippen molar-refractivity contribution in [3.63, 3.8) is 0 Å². The number of carbonyl (C=O) groups excluding carboxylic acids is 2. The molecular formula is C24H29N3O6S. The molecule has 0 aromatic heterocycles. The molecule has 2 aliphatic rings. The lowest BCUT2D eigenvalue weighted by atomic mass is 10.2. The predicted octanol–water partition coefficient (Wildman–Crippen LogP) is 1.99. The van der Waals surface area contributed by atoms with E-state index in [-0.39, 0.29) is 23.0 Å². The molecule has 2 fully saturated rings. The summed E-state index contributed by atoms with van der Waals surface area (Å²) in [6.07, 6.45) is 1.66. The average molecular weight is 488 g/mol. The Bertz CT molecular complexity index is 1120. The van der Waals surface area contributed by atoms with E-state index in [0.717, 1.165) is 24.3 Å². The van der Waals surface area contributed by atoms with Gasteiger partial charge in [0.05, 0.1) is 17.6 Å². The van der Waals surface area contributed by atoms with Crippen LogP contribution in [0.25, 0.3) is 0 Å². The molecule has 182 valence electrons. The van der Waals surface area contributed by atoms with Gasteiger partial charge in [0.2, 0.25) is 10.0 Å². The fourth-order valence-electron chi connectivity index (χ4n) is 4.17. The largest absolute Gasteiger partial charge is 0.497 e. The van der Waals surface area contributed by atoms with Gasteiger partial charge in [0, 0.05) is 45.0 Å². The van der Waals surface area contributed by atoms with Crippen molar-refractivity contribution in [2.24, 2.45) is 0 Å². The lowest BCUT2D eigenvalue weighted by Gasteiger charge is -2.36. The van der Waals surface area contributed by atoms with E-state index in [9.17, 15) is 18.0 Å². The van der Waals surface area contributed by atoms with Crippen LogP contribution in [0.4, 0.5) is 5.69 Å². The van der Waals surface area contributed by atoms with Gasteiger partial charge in [-0.05, 0) is 55.3 Å². The summed E-state index contributed by atoms with van der Waals surface area (Å²) in [5.41, 5.74) is 1.17. The third-order valence-electron chi connectivity index (χ3n) is 6.17. The number of amides is 1. The van der Waals surface area contributed by atoms with Crippen LogP contribution in [0.5, 0.6) is 5.75 Å². The van der Waals surface area contributed by atoms with E-state index < -0.39 is 16.0 Å². The quantitative estimate of drug-likeness (QED) is 0.551. The van der Waals surface area contributed by atoms with Crippen molar-refractivity contribution in [3.05, 3.63) is 54.1 Å². The lowest BCUT2D eigenvalue weighted by molar-refractivity contribution is -0.134. The summed E-state index contributed by atoms with van der Waals surface area (Å²) in [5, 5.41) is 0. The van der Waals surface area contributed by atoms with Gasteiger partial charge in [-0.2, -0.15) is 4.31 Å². The highest BCUT2D eigenvalue weighted by Gasteiger charge is 2.28. The molecule has 0 radical (unpaired) electrons. The first-order valence-electron chi connectivity index (χ1n) is 11.3. The number of hydrogen-bond acceptors (Lipinski definition) is 7. The van der Waals surface area contributed by atoms with E-state index in [4.69, 9.17) is 9.47 Å². The van der Waals surface area contributed by atoms with E-state index in [1.54, 1.807) is 12.0 Å². The Morgan fingerprint density at radius 3 is 2.24 bits per heavy atom. The van der Waals surface area contributed by atoms with Crippen molar-refractivity contribution in [2.75, 3.05) is 57.9 Å². The summed E-state index contributed by atoms with van der Waals surface area (Å²) >= 11 is 0. The fourth-order valence-corrected chi connectivity index (χ4v) is 5.73. The molecule has 0 N–H and O–H groups in total. The second-order valence-corrected chi connectivity index (χ2v) is 10.2. The van der Waals surface area contributed by atoms with E-state index in [1.807, 2.05) is 24.3 Å².